The fourth-order valence-electron chi connectivity index (χ4n) is 4.53. The van der Waals surface area contributed by atoms with Crippen molar-refractivity contribution in [3.63, 3.8) is 0 Å². The predicted molar refractivity (Wildman–Crippen MR) is 113 cm³/mol. The summed E-state index contributed by atoms with van der Waals surface area (Å²) in [6.07, 6.45) is 7.42. The van der Waals surface area contributed by atoms with Gasteiger partial charge in [0.05, 0.1) is 16.2 Å². The van der Waals surface area contributed by atoms with Crippen molar-refractivity contribution in [1.29, 1.82) is 0 Å². The van der Waals surface area contributed by atoms with Crippen molar-refractivity contribution < 1.29 is 18.0 Å². The van der Waals surface area contributed by atoms with E-state index in [4.69, 9.17) is 0 Å². The molecular weight excluding hydrogens is 418 g/mol. The van der Waals surface area contributed by atoms with E-state index in [1.807, 2.05) is 6.92 Å². The number of benzene rings is 1. The van der Waals surface area contributed by atoms with E-state index in [9.17, 15) is 18.0 Å². The summed E-state index contributed by atoms with van der Waals surface area (Å²) in [6, 6.07) is 4.32. The Bertz CT molecular complexity index is 1080. The average Bonchev–Trinajstić information content (AvgIpc) is 3.49. The zero-order valence-electron chi connectivity index (χ0n) is 17.5. The van der Waals surface area contributed by atoms with E-state index >= 15 is 0 Å². The molecule has 1 unspecified atom stereocenters. The third-order valence-corrected chi connectivity index (χ3v) is 8.09. The van der Waals surface area contributed by atoms with Gasteiger partial charge in [-0.05, 0) is 49.4 Å². The first kappa shape index (κ1) is 21.5. The molecule has 4 rings (SSSR count). The van der Waals surface area contributed by atoms with Crippen molar-refractivity contribution in [2.24, 2.45) is 0 Å². The van der Waals surface area contributed by atoms with Crippen LogP contribution in [0.4, 0.5) is 0 Å². The van der Waals surface area contributed by atoms with Crippen LogP contribution in [0.15, 0.2) is 35.7 Å². The van der Waals surface area contributed by atoms with Gasteiger partial charge < -0.3 is 10.6 Å². The summed E-state index contributed by atoms with van der Waals surface area (Å²) in [4.78, 5) is 30.0. The maximum atomic E-state index is 13.0. The average molecular weight is 446 g/mol. The molecule has 0 radical (unpaired) electrons. The van der Waals surface area contributed by atoms with E-state index in [-0.39, 0.29) is 17.6 Å². The lowest BCUT2D eigenvalue weighted by atomic mass is 9.96. The predicted octanol–water partition coefficient (Wildman–Crippen LogP) is 1.42. The number of carbonyl (C=O) groups is 2. The molecule has 10 heteroatoms. The summed E-state index contributed by atoms with van der Waals surface area (Å²) in [5.41, 5.74) is 0.626. The third-order valence-electron chi connectivity index (χ3n) is 6.28. The molecule has 1 aliphatic carbocycles. The number of hydrogen-bond acceptors (Lipinski definition) is 6. The van der Waals surface area contributed by atoms with Gasteiger partial charge in [-0.25, -0.2) is 18.1 Å². The van der Waals surface area contributed by atoms with Crippen molar-refractivity contribution in [3.8, 4) is 0 Å². The molecule has 9 nitrogen and oxygen atoms in total. The monoisotopic (exact) mass is 445 g/mol. The van der Waals surface area contributed by atoms with Crippen molar-refractivity contribution >= 4 is 21.7 Å². The van der Waals surface area contributed by atoms with Crippen molar-refractivity contribution in [3.05, 3.63) is 42.0 Å². The standard InChI is InChI=1S/C21H27N5O4S/c1-2-17(26-14-22-13-24-26)20(28)23-12-21(8-3-4-9-21)25-19(27)16-5-6-18-15(11-16)7-10-31(18,29)30/h5-6,11,13-14,17H,2-4,7-10,12H2,1H3,(H,23,28)(H,25,27). The van der Waals surface area contributed by atoms with Crippen LogP contribution in [0.3, 0.4) is 0 Å². The Labute approximate surface area is 181 Å². The zero-order chi connectivity index (χ0) is 22.1. The SMILES string of the molecule is CCC(C(=O)NCC1(NC(=O)c2ccc3c(c2)CCS3(=O)=O)CCCC1)n1cncn1. The molecule has 2 N–H and O–H groups in total. The number of carbonyl (C=O) groups excluding carboxylic acids is 2. The van der Waals surface area contributed by atoms with E-state index in [1.54, 1.807) is 12.1 Å². The number of nitrogens with one attached hydrogen (secondary N) is 2. The minimum Gasteiger partial charge on any atom is -0.352 e. The normalized spacial score (nSPS) is 19.5. The molecule has 2 aliphatic rings. The van der Waals surface area contributed by atoms with Crippen molar-refractivity contribution in [2.45, 2.75) is 61.9 Å². The summed E-state index contributed by atoms with van der Waals surface area (Å²) in [6.45, 7) is 2.25. The molecule has 1 aliphatic heterocycles. The van der Waals surface area contributed by atoms with Gasteiger partial charge >= 0.3 is 0 Å². The zero-order valence-corrected chi connectivity index (χ0v) is 18.3. The Morgan fingerprint density at radius 1 is 1.26 bits per heavy atom. The minimum absolute atomic E-state index is 0.0910. The topological polar surface area (TPSA) is 123 Å². The number of sulfone groups is 1. The highest BCUT2D eigenvalue weighted by Gasteiger charge is 2.37. The van der Waals surface area contributed by atoms with Crippen LogP contribution in [-0.2, 0) is 21.1 Å². The van der Waals surface area contributed by atoms with E-state index in [0.29, 0.717) is 35.4 Å². The van der Waals surface area contributed by atoms with Gasteiger partial charge in [-0.15, -0.1) is 0 Å². The quantitative estimate of drug-likeness (QED) is 0.664. The summed E-state index contributed by atoms with van der Waals surface area (Å²) in [5, 5.41) is 10.2. The maximum Gasteiger partial charge on any atom is 0.251 e. The Balaban J connectivity index is 1.45. The van der Waals surface area contributed by atoms with Gasteiger partial charge in [-0.1, -0.05) is 19.8 Å². The molecule has 1 aromatic carbocycles. The highest BCUT2D eigenvalue weighted by Crippen LogP contribution is 2.31. The highest BCUT2D eigenvalue weighted by molar-refractivity contribution is 7.91. The molecule has 2 amide bonds. The van der Waals surface area contributed by atoms with Crippen LogP contribution in [0, 0.1) is 0 Å². The molecule has 2 heterocycles. The highest BCUT2D eigenvalue weighted by atomic mass is 32.2. The maximum absolute atomic E-state index is 13.0. The number of hydrogen-bond donors (Lipinski definition) is 2. The number of fused-ring (bicyclic) bond motifs is 1. The molecule has 1 atom stereocenters. The van der Waals surface area contributed by atoms with Crippen molar-refractivity contribution in [1.82, 2.24) is 25.4 Å². The Morgan fingerprint density at radius 2 is 2.03 bits per heavy atom. The fourth-order valence-corrected chi connectivity index (χ4v) is 6.07. The lowest BCUT2D eigenvalue weighted by Gasteiger charge is -2.31. The minimum atomic E-state index is -3.22. The van der Waals surface area contributed by atoms with Gasteiger partial charge in [0, 0.05) is 12.1 Å². The smallest absolute Gasteiger partial charge is 0.251 e. The lowest BCUT2D eigenvalue weighted by Crippen LogP contribution is -2.54. The summed E-state index contributed by atoms with van der Waals surface area (Å²) >= 11 is 0. The second-order valence-electron chi connectivity index (χ2n) is 8.35. The van der Waals surface area contributed by atoms with Crippen LogP contribution >= 0.6 is 0 Å². The van der Waals surface area contributed by atoms with E-state index < -0.39 is 21.4 Å². The molecule has 1 saturated carbocycles. The fraction of sp³-hybridized carbons (Fsp3) is 0.524. The summed E-state index contributed by atoms with van der Waals surface area (Å²) < 4.78 is 25.6. The van der Waals surface area contributed by atoms with Crippen molar-refractivity contribution in [2.75, 3.05) is 12.3 Å². The number of rotatable bonds is 7. The number of aryl methyl sites for hydroxylation is 1. The van der Waals surface area contributed by atoms with Crippen LogP contribution in [0.5, 0.6) is 0 Å². The molecule has 1 fully saturated rings. The van der Waals surface area contributed by atoms with Crippen LogP contribution in [0.2, 0.25) is 0 Å². The summed E-state index contributed by atoms with van der Waals surface area (Å²) in [7, 11) is -3.22. The largest absolute Gasteiger partial charge is 0.352 e. The van der Waals surface area contributed by atoms with Gasteiger partial charge in [0.15, 0.2) is 9.84 Å². The molecule has 166 valence electrons. The Morgan fingerprint density at radius 3 is 2.71 bits per heavy atom. The van der Waals surface area contributed by atoms with E-state index in [0.717, 1.165) is 25.7 Å². The molecule has 31 heavy (non-hydrogen) atoms. The second kappa shape index (κ2) is 8.41. The molecule has 0 bridgehead atoms. The number of nitrogens with zero attached hydrogens (tertiary/aromatic N) is 3. The first-order valence-corrected chi connectivity index (χ1v) is 12.3. The van der Waals surface area contributed by atoms with Gasteiger partial charge in [0.1, 0.15) is 18.7 Å². The summed E-state index contributed by atoms with van der Waals surface area (Å²) in [5.74, 6) is -0.309. The first-order valence-electron chi connectivity index (χ1n) is 10.6. The molecule has 1 aromatic heterocycles. The number of aromatic nitrogens is 3. The Hall–Kier alpha value is -2.75. The van der Waals surface area contributed by atoms with Gasteiger partial charge in [-0.3, -0.25) is 9.59 Å². The lowest BCUT2D eigenvalue weighted by molar-refractivity contribution is -0.125. The van der Waals surface area contributed by atoms with Gasteiger partial charge in [0.2, 0.25) is 5.91 Å². The molecule has 0 spiro atoms. The number of amides is 2. The van der Waals surface area contributed by atoms with Gasteiger partial charge in [0.25, 0.3) is 5.91 Å². The molecular formula is C21H27N5O4S. The Kier molecular flexibility index (Phi) is 5.83. The van der Waals surface area contributed by atoms with Crippen LogP contribution in [0.25, 0.3) is 0 Å². The third kappa shape index (κ3) is 4.34. The second-order valence-corrected chi connectivity index (χ2v) is 10.4. The van der Waals surface area contributed by atoms with Gasteiger partial charge in [-0.2, -0.15) is 5.10 Å². The first-order chi connectivity index (χ1) is 14.8. The van der Waals surface area contributed by atoms with Crippen LogP contribution < -0.4 is 10.6 Å². The van der Waals surface area contributed by atoms with Crippen LogP contribution in [0.1, 0.15) is 61.0 Å². The van der Waals surface area contributed by atoms with Crippen LogP contribution in [-0.4, -0.2) is 52.8 Å². The molecule has 0 saturated heterocycles. The molecule has 2 aromatic rings. The van der Waals surface area contributed by atoms with E-state index in [1.165, 1.54) is 23.4 Å². The van der Waals surface area contributed by atoms with E-state index in [2.05, 4.69) is 20.7 Å².